The highest BCUT2D eigenvalue weighted by atomic mass is 35.5. The van der Waals surface area contributed by atoms with E-state index in [2.05, 4.69) is 15.0 Å². The predicted octanol–water partition coefficient (Wildman–Crippen LogP) is 2.55. The lowest BCUT2D eigenvalue weighted by molar-refractivity contribution is 0.475. The molecule has 0 aliphatic rings. The number of pyridine rings is 1. The van der Waals surface area contributed by atoms with Crippen molar-refractivity contribution >= 4 is 27.4 Å². The molecule has 2 N–H and O–H groups in total. The fourth-order valence-corrected chi connectivity index (χ4v) is 2.96. The van der Waals surface area contributed by atoms with Crippen LogP contribution >= 0.6 is 11.6 Å². The Morgan fingerprint density at radius 3 is 2.71 bits per heavy atom. The number of furan rings is 1. The van der Waals surface area contributed by atoms with Gasteiger partial charge in [0.1, 0.15) is 22.2 Å². The normalized spacial score (nSPS) is 11.6. The molecule has 0 bridgehead atoms. The number of nitrogens with zero attached hydrogens (tertiary/aromatic N) is 1. The lowest BCUT2D eigenvalue weighted by Crippen LogP contribution is -2.23. The maximum atomic E-state index is 12.2. The van der Waals surface area contributed by atoms with Crippen molar-refractivity contribution in [2.75, 3.05) is 11.9 Å². The van der Waals surface area contributed by atoms with Gasteiger partial charge in [0.2, 0.25) is 10.0 Å². The minimum Gasteiger partial charge on any atom is -0.465 e. The Bertz CT molecular complexity index is 728. The first kappa shape index (κ1) is 15.8. The first-order chi connectivity index (χ1) is 9.92. The number of nitrogens with one attached hydrogen (secondary N) is 2. The number of hydrogen-bond donors (Lipinski definition) is 2. The van der Waals surface area contributed by atoms with E-state index in [0.717, 1.165) is 5.76 Å². The largest absolute Gasteiger partial charge is 0.465 e. The van der Waals surface area contributed by atoms with E-state index < -0.39 is 10.0 Å². The second kappa shape index (κ2) is 6.46. The third kappa shape index (κ3) is 3.96. The van der Waals surface area contributed by atoms with E-state index in [1.807, 2.05) is 6.92 Å². The summed E-state index contributed by atoms with van der Waals surface area (Å²) in [5, 5.41) is 3.20. The number of hydrogen-bond acceptors (Lipinski definition) is 5. The van der Waals surface area contributed by atoms with Crippen molar-refractivity contribution in [3.05, 3.63) is 40.9 Å². The van der Waals surface area contributed by atoms with Gasteiger partial charge < -0.3 is 9.73 Å². The maximum Gasteiger partial charge on any atom is 0.242 e. The van der Waals surface area contributed by atoms with Crippen LogP contribution in [0.3, 0.4) is 0 Å². The zero-order chi connectivity index (χ0) is 15.5. The number of halogens is 1. The van der Waals surface area contributed by atoms with Gasteiger partial charge in [-0.05, 0) is 32.0 Å². The van der Waals surface area contributed by atoms with Crippen molar-refractivity contribution in [2.24, 2.45) is 0 Å². The van der Waals surface area contributed by atoms with Gasteiger partial charge in [-0.25, -0.2) is 18.1 Å². The molecule has 0 amide bonds. The summed E-state index contributed by atoms with van der Waals surface area (Å²) >= 11 is 6.00. The Hall–Kier alpha value is -1.57. The third-order valence-corrected chi connectivity index (χ3v) is 4.36. The lowest BCUT2D eigenvalue weighted by Gasteiger charge is -2.08. The molecular weight excluding hydrogens is 314 g/mol. The lowest BCUT2D eigenvalue weighted by atomic mass is 10.4. The summed E-state index contributed by atoms with van der Waals surface area (Å²) in [6.07, 6.45) is 1.26. The molecule has 6 nitrogen and oxygen atoms in total. The third-order valence-electron chi connectivity index (χ3n) is 2.70. The standard InChI is InChI=1S/C13H16ClN3O3S/c1-3-15-13-12(14)6-11(8-16-13)21(18,19)17-7-10-5-4-9(2)20-10/h4-6,8,17H,3,7H2,1-2H3,(H,15,16). The summed E-state index contributed by atoms with van der Waals surface area (Å²) < 4.78 is 32.1. The second-order valence-corrected chi connectivity index (χ2v) is 6.54. The molecule has 8 heteroatoms. The van der Waals surface area contributed by atoms with Crippen molar-refractivity contribution in [1.29, 1.82) is 0 Å². The smallest absolute Gasteiger partial charge is 0.242 e. The van der Waals surface area contributed by atoms with Gasteiger partial charge in [0.15, 0.2) is 0 Å². The van der Waals surface area contributed by atoms with Crippen molar-refractivity contribution in [1.82, 2.24) is 9.71 Å². The van der Waals surface area contributed by atoms with Gasteiger partial charge in [0.25, 0.3) is 0 Å². The van der Waals surface area contributed by atoms with E-state index in [1.165, 1.54) is 12.3 Å². The van der Waals surface area contributed by atoms with Gasteiger partial charge in [-0.1, -0.05) is 11.6 Å². The summed E-state index contributed by atoms with van der Waals surface area (Å²) in [4.78, 5) is 4.02. The average molecular weight is 330 g/mol. The molecule has 0 spiro atoms. The van der Waals surface area contributed by atoms with Gasteiger partial charge in [-0.15, -0.1) is 0 Å². The first-order valence-corrected chi connectivity index (χ1v) is 8.23. The molecule has 2 aromatic heterocycles. The first-order valence-electron chi connectivity index (χ1n) is 6.37. The van der Waals surface area contributed by atoms with Gasteiger partial charge in [0.05, 0.1) is 11.6 Å². The molecule has 21 heavy (non-hydrogen) atoms. The van der Waals surface area contributed by atoms with Crippen molar-refractivity contribution in [3.8, 4) is 0 Å². The van der Waals surface area contributed by atoms with Crippen LogP contribution in [0.4, 0.5) is 5.82 Å². The van der Waals surface area contributed by atoms with Crippen LogP contribution in [0.15, 0.2) is 33.7 Å². The molecule has 114 valence electrons. The molecule has 0 aromatic carbocycles. The number of aromatic nitrogens is 1. The number of sulfonamides is 1. The highest BCUT2D eigenvalue weighted by Gasteiger charge is 2.17. The van der Waals surface area contributed by atoms with Crippen LogP contribution in [0.2, 0.25) is 5.02 Å². The molecule has 2 aromatic rings. The zero-order valence-electron chi connectivity index (χ0n) is 11.7. The quantitative estimate of drug-likeness (QED) is 0.850. The summed E-state index contributed by atoms with van der Waals surface area (Å²) in [6, 6.07) is 4.85. The molecule has 0 aliphatic carbocycles. The molecule has 0 unspecified atom stereocenters. The second-order valence-electron chi connectivity index (χ2n) is 4.37. The molecule has 0 fully saturated rings. The van der Waals surface area contributed by atoms with Crippen molar-refractivity contribution in [3.63, 3.8) is 0 Å². The van der Waals surface area contributed by atoms with Crippen LogP contribution in [0.25, 0.3) is 0 Å². The topological polar surface area (TPSA) is 84.2 Å². The van der Waals surface area contributed by atoms with Crippen LogP contribution in [0, 0.1) is 6.92 Å². The van der Waals surface area contributed by atoms with Gasteiger partial charge in [-0.3, -0.25) is 0 Å². The van der Waals surface area contributed by atoms with Crippen molar-refractivity contribution < 1.29 is 12.8 Å². The average Bonchev–Trinajstić information content (AvgIpc) is 2.85. The Balaban J connectivity index is 2.13. The SMILES string of the molecule is CCNc1ncc(S(=O)(=O)NCc2ccc(C)o2)cc1Cl. The molecule has 2 heterocycles. The number of anilines is 1. The van der Waals surface area contributed by atoms with Crippen molar-refractivity contribution in [2.45, 2.75) is 25.3 Å². The Labute approximate surface area is 128 Å². The summed E-state index contributed by atoms with van der Waals surface area (Å²) in [6.45, 7) is 4.41. The van der Waals surface area contributed by atoms with Crippen LogP contribution in [-0.4, -0.2) is 19.9 Å². The molecule has 0 saturated heterocycles. The predicted molar refractivity (Wildman–Crippen MR) is 80.9 cm³/mol. The Kier molecular flexibility index (Phi) is 4.87. The van der Waals surface area contributed by atoms with E-state index in [0.29, 0.717) is 18.1 Å². The summed E-state index contributed by atoms with van der Waals surface area (Å²) in [5.41, 5.74) is 0. The maximum absolute atomic E-state index is 12.2. The molecule has 0 atom stereocenters. The zero-order valence-corrected chi connectivity index (χ0v) is 13.3. The molecule has 0 saturated carbocycles. The highest BCUT2D eigenvalue weighted by Crippen LogP contribution is 2.22. The fraction of sp³-hybridized carbons (Fsp3) is 0.308. The van der Waals surface area contributed by atoms with Crippen LogP contribution in [0.1, 0.15) is 18.4 Å². The van der Waals surface area contributed by atoms with Crippen LogP contribution < -0.4 is 10.0 Å². The minimum absolute atomic E-state index is 0.0115. The Morgan fingerprint density at radius 2 is 2.14 bits per heavy atom. The molecule has 2 rings (SSSR count). The van der Waals surface area contributed by atoms with Gasteiger partial charge in [0, 0.05) is 12.7 Å². The van der Waals surface area contributed by atoms with Crippen LogP contribution in [-0.2, 0) is 16.6 Å². The van der Waals surface area contributed by atoms with Crippen LogP contribution in [0.5, 0.6) is 0 Å². The highest BCUT2D eigenvalue weighted by molar-refractivity contribution is 7.89. The molecule has 0 aliphatic heterocycles. The van der Waals surface area contributed by atoms with Gasteiger partial charge in [-0.2, -0.15) is 0 Å². The summed E-state index contributed by atoms with van der Waals surface area (Å²) in [7, 11) is -3.69. The van der Waals surface area contributed by atoms with E-state index in [1.54, 1.807) is 19.1 Å². The van der Waals surface area contributed by atoms with E-state index >= 15 is 0 Å². The van der Waals surface area contributed by atoms with E-state index in [9.17, 15) is 8.42 Å². The number of aryl methyl sites for hydroxylation is 1. The minimum atomic E-state index is -3.69. The van der Waals surface area contributed by atoms with Gasteiger partial charge >= 0.3 is 0 Å². The Morgan fingerprint density at radius 1 is 1.38 bits per heavy atom. The summed E-state index contributed by atoms with van der Waals surface area (Å²) in [5.74, 6) is 1.73. The molecular formula is C13H16ClN3O3S. The molecule has 0 radical (unpaired) electrons. The number of rotatable bonds is 6. The van der Waals surface area contributed by atoms with E-state index in [-0.39, 0.29) is 16.5 Å². The van der Waals surface area contributed by atoms with E-state index in [4.69, 9.17) is 16.0 Å². The monoisotopic (exact) mass is 329 g/mol. The fourth-order valence-electron chi connectivity index (χ4n) is 1.69.